The first-order valence-electron chi connectivity index (χ1n) is 12.0. The summed E-state index contributed by atoms with van der Waals surface area (Å²) < 4.78 is 2.14. The van der Waals surface area contributed by atoms with Crippen LogP contribution in [0.25, 0.3) is 5.57 Å². The Balaban J connectivity index is 1.27. The van der Waals surface area contributed by atoms with Crippen LogP contribution >= 0.6 is 11.8 Å². The Morgan fingerprint density at radius 2 is 1.97 bits per heavy atom. The Labute approximate surface area is 198 Å². The van der Waals surface area contributed by atoms with Gasteiger partial charge in [0, 0.05) is 31.3 Å². The molecule has 0 amide bonds. The molecule has 4 rings (SSSR count). The maximum atomic E-state index is 4.47. The van der Waals surface area contributed by atoms with Crippen LogP contribution in [-0.4, -0.2) is 45.1 Å². The molecule has 1 aromatic carbocycles. The zero-order valence-electron chi connectivity index (χ0n) is 20.6. The van der Waals surface area contributed by atoms with E-state index in [4.69, 9.17) is 0 Å². The maximum absolute atomic E-state index is 4.47. The largest absolute Gasteiger partial charge is 0.305 e. The van der Waals surface area contributed by atoms with Crippen molar-refractivity contribution in [3.8, 4) is 0 Å². The minimum atomic E-state index is 0.449. The minimum absolute atomic E-state index is 0.449. The van der Waals surface area contributed by atoms with Gasteiger partial charge < -0.3 is 9.47 Å². The number of fused-ring (bicyclic) bond motifs is 1. The van der Waals surface area contributed by atoms with Gasteiger partial charge in [-0.1, -0.05) is 67.6 Å². The Hall–Kier alpha value is -1.85. The average Bonchev–Trinajstić information content (AvgIpc) is 3.14. The monoisotopic (exact) mass is 450 g/mol. The normalized spacial score (nSPS) is 23.8. The van der Waals surface area contributed by atoms with E-state index in [-0.39, 0.29) is 0 Å². The topological polar surface area (TPSA) is 34.0 Å². The third kappa shape index (κ3) is 4.89. The summed E-state index contributed by atoms with van der Waals surface area (Å²) in [5.41, 5.74) is 5.81. The van der Waals surface area contributed by atoms with E-state index in [0.717, 1.165) is 22.7 Å². The van der Waals surface area contributed by atoms with Gasteiger partial charge in [0.2, 0.25) is 0 Å². The lowest BCUT2D eigenvalue weighted by Gasteiger charge is -2.21. The summed E-state index contributed by atoms with van der Waals surface area (Å²) in [4.78, 5) is 2.67. The van der Waals surface area contributed by atoms with Crippen molar-refractivity contribution in [3.63, 3.8) is 0 Å². The molecule has 0 radical (unpaired) electrons. The van der Waals surface area contributed by atoms with E-state index >= 15 is 0 Å². The van der Waals surface area contributed by atoms with Crippen LogP contribution in [0.5, 0.6) is 0 Å². The van der Waals surface area contributed by atoms with Crippen molar-refractivity contribution in [3.05, 3.63) is 58.9 Å². The minimum Gasteiger partial charge on any atom is -0.305 e. The van der Waals surface area contributed by atoms with Crippen LogP contribution in [0.3, 0.4) is 0 Å². The summed E-state index contributed by atoms with van der Waals surface area (Å²) in [6, 6.07) is 9.26. The molecule has 1 aliphatic carbocycles. The van der Waals surface area contributed by atoms with Gasteiger partial charge in [-0.05, 0) is 68.7 Å². The number of aryl methyl sites for hydroxylation is 1. The number of thioether (sulfide) groups is 1. The fourth-order valence-corrected chi connectivity index (χ4v) is 5.78. The van der Waals surface area contributed by atoms with Crippen LogP contribution < -0.4 is 0 Å². The lowest BCUT2D eigenvalue weighted by Crippen LogP contribution is -2.27. The number of rotatable bonds is 9. The quantitative estimate of drug-likeness (QED) is 0.271. The standard InChI is InChI=1S/C27H38N4S/c1-19(2)8-11-21(4)22(5)25-28-29-26(30(25)6)32-15-7-14-31-17-24-16-27(24,18-31)23-12-9-20(3)10-13-23/h8-13,19,24H,7,14-18H2,1-6H3/b11-8-,22-21+. The highest BCUT2D eigenvalue weighted by molar-refractivity contribution is 7.99. The van der Waals surface area contributed by atoms with Crippen LogP contribution in [0.2, 0.25) is 0 Å². The average molecular weight is 451 g/mol. The molecule has 1 aliphatic heterocycles. The van der Waals surface area contributed by atoms with E-state index in [1.165, 1.54) is 49.2 Å². The first-order chi connectivity index (χ1) is 15.3. The van der Waals surface area contributed by atoms with Gasteiger partial charge in [0.25, 0.3) is 0 Å². The predicted molar refractivity (Wildman–Crippen MR) is 136 cm³/mol. The van der Waals surface area contributed by atoms with E-state index in [9.17, 15) is 0 Å². The van der Waals surface area contributed by atoms with Crippen molar-refractivity contribution < 1.29 is 0 Å². The molecule has 32 heavy (non-hydrogen) atoms. The van der Waals surface area contributed by atoms with E-state index in [1.807, 2.05) is 11.8 Å². The van der Waals surface area contributed by atoms with Crippen molar-refractivity contribution in [1.82, 2.24) is 19.7 Å². The van der Waals surface area contributed by atoms with Crippen molar-refractivity contribution in [2.24, 2.45) is 18.9 Å². The number of nitrogens with zero attached hydrogens (tertiary/aromatic N) is 4. The maximum Gasteiger partial charge on any atom is 0.191 e. The highest BCUT2D eigenvalue weighted by Gasteiger charge is 2.60. The Kier molecular flexibility index (Phi) is 6.97. The molecule has 1 saturated heterocycles. The molecule has 1 aromatic heterocycles. The van der Waals surface area contributed by atoms with Crippen LogP contribution in [0.15, 0.2) is 47.1 Å². The molecule has 2 fully saturated rings. The second-order valence-electron chi connectivity index (χ2n) is 10.1. The summed E-state index contributed by atoms with van der Waals surface area (Å²) >= 11 is 1.83. The summed E-state index contributed by atoms with van der Waals surface area (Å²) in [6.07, 6.45) is 7.00. The molecule has 2 unspecified atom stereocenters. The molecule has 0 N–H and O–H groups in total. The van der Waals surface area contributed by atoms with Crippen molar-refractivity contribution in [2.75, 3.05) is 25.4 Å². The third-order valence-corrected chi connectivity index (χ3v) is 8.29. The Bertz CT molecular complexity index is 1000. The van der Waals surface area contributed by atoms with Crippen LogP contribution in [0.1, 0.15) is 57.5 Å². The van der Waals surface area contributed by atoms with Crippen LogP contribution in [0, 0.1) is 18.8 Å². The third-order valence-electron chi connectivity index (χ3n) is 7.19. The number of allylic oxidation sites excluding steroid dienone is 4. The molecule has 5 heteroatoms. The molecule has 172 valence electrons. The Morgan fingerprint density at radius 1 is 1.22 bits per heavy atom. The molecule has 1 saturated carbocycles. The van der Waals surface area contributed by atoms with Gasteiger partial charge >= 0.3 is 0 Å². The highest BCUT2D eigenvalue weighted by Crippen LogP contribution is 2.58. The van der Waals surface area contributed by atoms with Crippen molar-refractivity contribution in [2.45, 2.75) is 58.0 Å². The zero-order valence-corrected chi connectivity index (χ0v) is 21.4. The van der Waals surface area contributed by atoms with E-state index in [2.05, 4.69) is 97.7 Å². The van der Waals surface area contributed by atoms with Gasteiger partial charge in [0.15, 0.2) is 11.0 Å². The van der Waals surface area contributed by atoms with Gasteiger partial charge in [-0.25, -0.2) is 0 Å². The number of piperidine rings is 1. The fraction of sp³-hybridized carbons (Fsp3) is 0.556. The van der Waals surface area contributed by atoms with Crippen molar-refractivity contribution >= 4 is 17.3 Å². The molecule has 4 nitrogen and oxygen atoms in total. The molecule has 2 atom stereocenters. The molecule has 2 aliphatic rings. The SMILES string of the molecule is CC(/C=C\C(C)C)=C(/C)c1nnc(SCCCN2CC3CC3(c3ccc(C)cc3)C2)n1C. The van der Waals surface area contributed by atoms with Gasteiger partial charge in [0.05, 0.1) is 0 Å². The van der Waals surface area contributed by atoms with E-state index < -0.39 is 0 Å². The van der Waals surface area contributed by atoms with Gasteiger partial charge in [-0.3, -0.25) is 0 Å². The van der Waals surface area contributed by atoms with Crippen molar-refractivity contribution in [1.29, 1.82) is 0 Å². The fourth-order valence-electron chi connectivity index (χ4n) is 4.95. The lowest BCUT2D eigenvalue weighted by molar-refractivity contribution is 0.299. The number of likely N-dealkylation sites (tertiary alicyclic amines) is 1. The first kappa shape index (κ1) is 23.3. The summed E-state index contributed by atoms with van der Waals surface area (Å²) in [6.45, 7) is 14.5. The molecular weight excluding hydrogens is 412 g/mol. The number of hydrogen-bond acceptors (Lipinski definition) is 4. The highest BCUT2D eigenvalue weighted by atomic mass is 32.2. The summed E-state index contributed by atoms with van der Waals surface area (Å²) in [5, 5.41) is 9.95. The van der Waals surface area contributed by atoms with E-state index in [0.29, 0.717) is 11.3 Å². The molecule has 2 heterocycles. The molecular formula is C27H38N4S. The lowest BCUT2D eigenvalue weighted by atomic mass is 9.94. The van der Waals surface area contributed by atoms with Crippen LogP contribution in [-0.2, 0) is 12.5 Å². The predicted octanol–water partition coefficient (Wildman–Crippen LogP) is 5.88. The molecule has 2 aromatic rings. The number of hydrogen-bond donors (Lipinski definition) is 0. The molecule has 0 spiro atoms. The number of benzene rings is 1. The zero-order chi connectivity index (χ0) is 22.9. The molecule has 0 bridgehead atoms. The summed E-state index contributed by atoms with van der Waals surface area (Å²) in [5.74, 6) is 3.47. The van der Waals surface area contributed by atoms with Gasteiger partial charge in [-0.15, -0.1) is 10.2 Å². The van der Waals surface area contributed by atoms with Crippen LogP contribution in [0.4, 0.5) is 0 Å². The Morgan fingerprint density at radius 3 is 2.69 bits per heavy atom. The second kappa shape index (κ2) is 9.56. The summed E-state index contributed by atoms with van der Waals surface area (Å²) in [7, 11) is 2.08. The first-order valence-corrected chi connectivity index (χ1v) is 13.0. The number of aromatic nitrogens is 3. The van der Waals surface area contributed by atoms with E-state index in [1.54, 1.807) is 5.56 Å². The van der Waals surface area contributed by atoms with Gasteiger partial charge in [-0.2, -0.15) is 0 Å². The smallest absolute Gasteiger partial charge is 0.191 e. The van der Waals surface area contributed by atoms with Gasteiger partial charge in [0.1, 0.15) is 0 Å². The second-order valence-corrected chi connectivity index (χ2v) is 11.2.